The highest BCUT2D eigenvalue weighted by atomic mass is 127. The fourth-order valence-electron chi connectivity index (χ4n) is 1.78. The second-order valence-corrected chi connectivity index (χ2v) is 8.24. The van der Waals surface area contributed by atoms with Gasteiger partial charge in [0.15, 0.2) is 0 Å². The van der Waals surface area contributed by atoms with Gasteiger partial charge in [0.1, 0.15) is 20.1 Å². The Morgan fingerprint density at radius 3 is 1.39 bits per heavy atom. The van der Waals surface area contributed by atoms with Gasteiger partial charge in [0, 0.05) is 0 Å². The van der Waals surface area contributed by atoms with Gasteiger partial charge in [-0.2, -0.15) is 0 Å². The average molecular weight is 480 g/mol. The van der Waals surface area contributed by atoms with Crippen LogP contribution in [0.1, 0.15) is 39.5 Å². The molecule has 6 heteroatoms. The predicted octanol–water partition coefficient (Wildman–Crippen LogP) is 3.03. The van der Waals surface area contributed by atoms with E-state index in [1.807, 2.05) is 59.0 Å². The highest BCUT2D eigenvalue weighted by Gasteiger charge is 2.27. The fraction of sp³-hybridized carbons (Fsp3) is 0.833. The van der Waals surface area contributed by atoms with Gasteiger partial charge in [-0.1, -0.05) is 45.2 Å². The molecule has 1 fully saturated rings. The van der Waals surface area contributed by atoms with Crippen LogP contribution in [0.2, 0.25) is 0 Å². The first-order valence-corrected chi connectivity index (χ1v) is 8.58. The third-order valence-corrected chi connectivity index (χ3v) is 3.85. The summed E-state index contributed by atoms with van der Waals surface area (Å²) in [6.45, 7) is 3.64. The maximum absolute atomic E-state index is 11.4. The van der Waals surface area contributed by atoms with Crippen LogP contribution in [-0.4, -0.2) is 32.0 Å². The lowest BCUT2D eigenvalue weighted by Crippen LogP contribution is -2.32. The van der Waals surface area contributed by atoms with Gasteiger partial charge in [-0.25, -0.2) is 0 Å². The summed E-state index contributed by atoms with van der Waals surface area (Å²) in [5.74, 6) is -0.311. The number of alkyl halides is 2. The van der Waals surface area contributed by atoms with E-state index < -0.39 is 0 Å². The second kappa shape index (κ2) is 7.86. The molecule has 104 valence electrons. The molecule has 0 N–H and O–H groups in total. The van der Waals surface area contributed by atoms with E-state index in [4.69, 9.17) is 9.47 Å². The molecule has 1 aliphatic rings. The monoisotopic (exact) mass is 480 g/mol. The molecule has 1 aliphatic carbocycles. The van der Waals surface area contributed by atoms with Crippen molar-refractivity contribution in [2.75, 3.05) is 0 Å². The van der Waals surface area contributed by atoms with Crippen molar-refractivity contribution in [3.8, 4) is 0 Å². The van der Waals surface area contributed by atoms with Gasteiger partial charge in [-0.3, -0.25) is 9.59 Å². The van der Waals surface area contributed by atoms with E-state index in [0.29, 0.717) is 0 Å². The zero-order valence-corrected chi connectivity index (χ0v) is 14.8. The van der Waals surface area contributed by atoms with Gasteiger partial charge in [-0.15, -0.1) is 0 Å². The van der Waals surface area contributed by atoms with Gasteiger partial charge in [0.2, 0.25) is 0 Å². The summed E-state index contributed by atoms with van der Waals surface area (Å²) in [7, 11) is 0. The van der Waals surface area contributed by atoms with Crippen molar-refractivity contribution >= 4 is 57.1 Å². The molecular formula is C12H18I2O4. The molecule has 4 nitrogen and oxygen atoms in total. The van der Waals surface area contributed by atoms with E-state index in [0.717, 1.165) is 25.7 Å². The number of rotatable bonds is 4. The van der Waals surface area contributed by atoms with Crippen molar-refractivity contribution in [3.05, 3.63) is 0 Å². The number of ether oxygens (including phenoxy) is 2. The summed E-state index contributed by atoms with van der Waals surface area (Å²) in [5, 5.41) is 0. The highest BCUT2D eigenvalue weighted by Crippen LogP contribution is 2.25. The molecule has 0 radical (unpaired) electrons. The second-order valence-electron chi connectivity index (χ2n) is 4.50. The number of halogens is 2. The van der Waals surface area contributed by atoms with E-state index >= 15 is 0 Å². The van der Waals surface area contributed by atoms with Gasteiger partial charge in [-0.05, 0) is 39.5 Å². The number of hydrogen-bond donors (Lipinski definition) is 0. The van der Waals surface area contributed by atoms with Crippen molar-refractivity contribution in [1.29, 1.82) is 0 Å². The Morgan fingerprint density at radius 2 is 1.17 bits per heavy atom. The molecule has 0 aromatic heterocycles. The Hall–Kier alpha value is 0.400. The van der Waals surface area contributed by atoms with Crippen LogP contribution >= 0.6 is 45.2 Å². The zero-order valence-electron chi connectivity index (χ0n) is 10.5. The average Bonchev–Trinajstić information content (AvgIpc) is 2.31. The van der Waals surface area contributed by atoms with E-state index in [9.17, 15) is 9.59 Å². The van der Waals surface area contributed by atoms with Crippen molar-refractivity contribution < 1.29 is 19.1 Å². The Bertz CT molecular complexity index is 266. The summed E-state index contributed by atoms with van der Waals surface area (Å²) < 4.78 is 10.5. The third kappa shape index (κ3) is 5.58. The SMILES string of the molecule is CC(I)C(=O)OC1CCC(OC(=O)C(C)I)CC1. The van der Waals surface area contributed by atoms with E-state index in [2.05, 4.69) is 0 Å². The predicted molar refractivity (Wildman–Crippen MR) is 85.2 cm³/mol. The molecule has 0 heterocycles. The maximum Gasteiger partial charge on any atom is 0.318 e. The van der Waals surface area contributed by atoms with E-state index in [-0.39, 0.29) is 32.0 Å². The first-order chi connectivity index (χ1) is 8.40. The van der Waals surface area contributed by atoms with Gasteiger partial charge in [0.05, 0.1) is 0 Å². The lowest BCUT2D eigenvalue weighted by atomic mass is 9.95. The number of esters is 2. The van der Waals surface area contributed by atoms with Gasteiger partial charge >= 0.3 is 11.9 Å². The van der Waals surface area contributed by atoms with E-state index in [1.165, 1.54) is 0 Å². The largest absolute Gasteiger partial charge is 0.462 e. The molecule has 0 bridgehead atoms. The van der Waals surface area contributed by atoms with Crippen molar-refractivity contribution in [3.63, 3.8) is 0 Å². The lowest BCUT2D eigenvalue weighted by molar-refractivity contribution is -0.156. The molecule has 1 saturated carbocycles. The lowest BCUT2D eigenvalue weighted by Gasteiger charge is -2.28. The first kappa shape index (κ1) is 16.5. The molecular weight excluding hydrogens is 462 g/mol. The summed E-state index contributed by atoms with van der Waals surface area (Å²) in [6.07, 6.45) is 3.10. The summed E-state index contributed by atoms with van der Waals surface area (Å²) in [4.78, 5) is 22.9. The minimum atomic E-state index is -0.156. The summed E-state index contributed by atoms with van der Waals surface area (Å²) >= 11 is 4.09. The van der Waals surface area contributed by atoms with Crippen LogP contribution in [0, 0.1) is 0 Å². The molecule has 18 heavy (non-hydrogen) atoms. The maximum atomic E-state index is 11.4. The molecule has 0 aromatic carbocycles. The quantitative estimate of drug-likeness (QED) is 0.353. The third-order valence-electron chi connectivity index (χ3n) is 2.84. The van der Waals surface area contributed by atoms with Crippen LogP contribution in [0.5, 0.6) is 0 Å². The van der Waals surface area contributed by atoms with Crippen LogP contribution in [-0.2, 0) is 19.1 Å². The van der Waals surface area contributed by atoms with Crippen molar-refractivity contribution in [1.82, 2.24) is 0 Å². The minimum absolute atomic E-state index is 0.0123. The minimum Gasteiger partial charge on any atom is -0.462 e. The van der Waals surface area contributed by atoms with Crippen LogP contribution in [0.4, 0.5) is 0 Å². The van der Waals surface area contributed by atoms with Crippen LogP contribution < -0.4 is 0 Å². The standard InChI is InChI=1S/C12H18I2O4/c1-7(13)11(15)17-9-3-5-10(6-4-9)18-12(16)8(2)14/h7-10H,3-6H2,1-2H3. The summed E-state index contributed by atoms with van der Waals surface area (Å²) in [5.41, 5.74) is 0. The smallest absolute Gasteiger partial charge is 0.318 e. The molecule has 0 aromatic rings. The van der Waals surface area contributed by atoms with Gasteiger partial charge < -0.3 is 9.47 Å². The molecule has 0 amide bonds. The van der Waals surface area contributed by atoms with Crippen molar-refractivity contribution in [2.45, 2.75) is 59.6 Å². The summed E-state index contributed by atoms with van der Waals surface area (Å²) in [6, 6.07) is 0. The Labute approximate surface area is 135 Å². The molecule has 2 atom stereocenters. The first-order valence-electron chi connectivity index (χ1n) is 6.09. The van der Waals surface area contributed by atoms with Crippen LogP contribution in [0.3, 0.4) is 0 Å². The Balaban J connectivity index is 2.28. The zero-order chi connectivity index (χ0) is 13.7. The number of carbonyl (C=O) groups is 2. The topological polar surface area (TPSA) is 52.6 Å². The molecule has 0 spiro atoms. The van der Waals surface area contributed by atoms with Crippen LogP contribution in [0.15, 0.2) is 0 Å². The number of carbonyl (C=O) groups excluding carboxylic acids is 2. The van der Waals surface area contributed by atoms with E-state index in [1.54, 1.807) is 0 Å². The molecule has 0 saturated heterocycles. The Morgan fingerprint density at radius 1 is 0.889 bits per heavy atom. The molecule has 2 unspecified atom stereocenters. The Kier molecular flexibility index (Phi) is 7.19. The van der Waals surface area contributed by atoms with Crippen molar-refractivity contribution in [2.24, 2.45) is 0 Å². The highest BCUT2D eigenvalue weighted by molar-refractivity contribution is 14.1. The van der Waals surface area contributed by atoms with Gasteiger partial charge in [0.25, 0.3) is 0 Å². The van der Waals surface area contributed by atoms with Crippen LogP contribution in [0.25, 0.3) is 0 Å². The normalized spacial score (nSPS) is 27.1. The molecule has 1 rings (SSSR count). The fourth-order valence-corrected chi connectivity index (χ4v) is 2.08. The number of hydrogen-bond acceptors (Lipinski definition) is 4. The molecule has 0 aliphatic heterocycles.